The van der Waals surface area contributed by atoms with Crippen molar-refractivity contribution in [2.45, 2.75) is 30.2 Å². The zero-order valence-corrected chi connectivity index (χ0v) is 12.6. The lowest BCUT2D eigenvalue weighted by molar-refractivity contribution is -0.368. The summed E-state index contributed by atoms with van der Waals surface area (Å²) >= 11 is 1.36. The molecule has 0 atom stereocenters. The van der Waals surface area contributed by atoms with Crippen molar-refractivity contribution >= 4 is 11.8 Å². The van der Waals surface area contributed by atoms with Crippen LogP contribution >= 0.6 is 11.8 Å². The lowest BCUT2D eigenvalue weighted by Gasteiger charge is -1.99. The van der Waals surface area contributed by atoms with E-state index < -0.39 is 0 Å². The molecule has 4 nitrogen and oxygen atoms in total. The highest BCUT2D eigenvalue weighted by atomic mass is 35.5. The van der Waals surface area contributed by atoms with Gasteiger partial charge in [-0.05, 0) is 24.5 Å². The van der Waals surface area contributed by atoms with E-state index in [1.807, 2.05) is 6.07 Å². The van der Waals surface area contributed by atoms with Crippen LogP contribution in [0.4, 0.5) is 4.39 Å². The minimum absolute atomic E-state index is 0. The maximum Gasteiger partial charge on any atom is 0.276 e. The molecule has 0 aliphatic rings. The predicted octanol–water partition coefficient (Wildman–Crippen LogP) is -0.930. The van der Waals surface area contributed by atoms with Crippen LogP contribution in [0.1, 0.15) is 24.3 Å². The van der Waals surface area contributed by atoms with Crippen LogP contribution in [0, 0.1) is 5.82 Å². The average Bonchev–Trinajstić information content (AvgIpc) is 2.86. The third kappa shape index (κ3) is 5.11. The van der Waals surface area contributed by atoms with Crippen LogP contribution in [0.5, 0.6) is 0 Å². The molecule has 0 unspecified atom stereocenters. The molecule has 0 aliphatic heterocycles. The van der Waals surface area contributed by atoms with E-state index in [1.165, 1.54) is 17.8 Å². The van der Waals surface area contributed by atoms with Crippen LogP contribution in [0.15, 0.2) is 33.9 Å². The molecule has 0 radical (unpaired) electrons. The van der Waals surface area contributed by atoms with Crippen LogP contribution in [-0.4, -0.2) is 16.7 Å². The van der Waals surface area contributed by atoms with Gasteiger partial charge in [0.2, 0.25) is 5.89 Å². The fraction of sp³-hybridized carbons (Fsp3) is 0.385. The van der Waals surface area contributed by atoms with E-state index in [0.717, 1.165) is 25.8 Å². The first-order chi connectivity index (χ1) is 9.29. The Hall–Kier alpha value is -1.11. The molecular weight excluding hydrogens is 301 g/mol. The average molecular weight is 318 g/mol. The van der Waals surface area contributed by atoms with Crippen LogP contribution < -0.4 is 18.1 Å². The highest BCUT2D eigenvalue weighted by Gasteiger charge is 2.08. The highest BCUT2D eigenvalue weighted by Crippen LogP contribution is 2.23. The molecular formula is C13H17ClFN3OS. The molecule has 7 heteroatoms. The molecule has 1 aromatic carbocycles. The second kappa shape index (κ2) is 8.94. The quantitative estimate of drug-likeness (QED) is 0.529. The predicted molar refractivity (Wildman–Crippen MR) is 71.0 cm³/mol. The highest BCUT2D eigenvalue weighted by molar-refractivity contribution is 7.98. The molecule has 0 aliphatic carbocycles. The molecule has 2 rings (SSSR count). The second-order valence-corrected chi connectivity index (χ2v) is 5.08. The van der Waals surface area contributed by atoms with Gasteiger partial charge >= 0.3 is 0 Å². The molecule has 0 bridgehead atoms. The topological polar surface area (TPSA) is 66.6 Å². The molecule has 0 amide bonds. The summed E-state index contributed by atoms with van der Waals surface area (Å²) in [6.07, 6.45) is 2.84. The largest absolute Gasteiger partial charge is 1.00 e. The first kappa shape index (κ1) is 16.9. The van der Waals surface area contributed by atoms with Crippen molar-refractivity contribution in [1.82, 2.24) is 10.2 Å². The van der Waals surface area contributed by atoms with Crippen LogP contribution in [0.25, 0.3) is 0 Å². The Bertz CT molecular complexity index is 524. The van der Waals surface area contributed by atoms with Gasteiger partial charge in [-0.2, -0.15) is 0 Å². The summed E-state index contributed by atoms with van der Waals surface area (Å²) < 4.78 is 18.9. The normalized spacial score (nSPS) is 10.3. The lowest BCUT2D eigenvalue weighted by Crippen LogP contribution is -3.00. The molecule has 2 aromatic rings. The van der Waals surface area contributed by atoms with E-state index >= 15 is 0 Å². The fourth-order valence-electron chi connectivity index (χ4n) is 1.61. The summed E-state index contributed by atoms with van der Waals surface area (Å²) in [5.74, 6) is 0.933. The van der Waals surface area contributed by atoms with Crippen molar-refractivity contribution in [3.63, 3.8) is 0 Å². The second-order valence-electron chi connectivity index (χ2n) is 4.15. The van der Waals surface area contributed by atoms with Crippen molar-refractivity contribution in [3.05, 3.63) is 41.5 Å². The van der Waals surface area contributed by atoms with E-state index in [2.05, 4.69) is 15.9 Å². The first-order valence-electron chi connectivity index (χ1n) is 6.27. The van der Waals surface area contributed by atoms with Crippen molar-refractivity contribution < 1.29 is 26.9 Å². The van der Waals surface area contributed by atoms with Gasteiger partial charge in [-0.25, -0.2) is 4.39 Å². The number of benzene rings is 1. The minimum Gasteiger partial charge on any atom is -1.00 e. The van der Waals surface area contributed by atoms with Gasteiger partial charge in [0.1, 0.15) is 5.82 Å². The van der Waals surface area contributed by atoms with Crippen molar-refractivity contribution in [3.8, 4) is 0 Å². The summed E-state index contributed by atoms with van der Waals surface area (Å²) in [6, 6.07) is 6.70. The Labute approximate surface area is 127 Å². The summed E-state index contributed by atoms with van der Waals surface area (Å²) in [6.45, 7) is 0.920. The van der Waals surface area contributed by atoms with Gasteiger partial charge in [0, 0.05) is 12.2 Å². The number of aryl methyl sites for hydroxylation is 1. The van der Waals surface area contributed by atoms with Gasteiger partial charge in [0.15, 0.2) is 0 Å². The van der Waals surface area contributed by atoms with Crippen molar-refractivity contribution in [2.24, 2.45) is 0 Å². The number of hydrogen-bond donors (Lipinski definition) is 1. The zero-order valence-electron chi connectivity index (χ0n) is 11.0. The number of unbranched alkanes of at least 4 members (excludes halogenated alkanes) is 1. The van der Waals surface area contributed by atoms with Gasteiger partial charge < -0.3 is 22.6 Å². The summed E-state index contributed by atoms with van der Waals surface area (Å²) in [7, 11) is 0. The van der Waals surface area contributed by atoms with Crippen LogP contribution in [0.3, 0.4) is 0 Å². The zero-order chi connectivity index (χ0) is 13.5. The van der Waals surface area contributed by atoms with Gasteiger partial charge in [-0.1, -0.05) is 30.0 Å². The van der Waals surface area contributed by atoms with Crippen molar-refractivity contribution in [1.29, 1.82) is 0 Å². The first-order valence-corrected chi connectivity index (χ1v) is 7.26. The molecule has 0 spiro atoms. The van der Waals surface area contributed by atoms with E-state index in [0.29, 0.717) is 22.4 Å². The molecule has 3 N–H and O–H groups in total. The van der Waals surface area contributed by atoms with Crippen molar-refractivity contribution in [2.75, 3.05) is 6.54 Å². The monoisotopic (exact) mass is 317 g/mol. The van der Waals surface area contributed by atoms with Gasteiger partial charge in [-0.3, -0.25) is 0 Å². The number of hydrogen-bond acceptors (Lipinski definition) is 4. The van der Waals surface area contributed by atoms with E-state index in [9.17, 15) is 4.39 Å². The van der Waals surface area contributed by atoms with Crippen LogP contribution in [-0.2, 0) is 12.2 Å². The molecule has 0 saturated carbocycles. The van der Waals surface area contributed by atoms with Gasteiger partial charge in [0.05, 0.1) is 6.54 Å². The Balaban J connectivity index is 0.00000200. The molecule has 0 saturated heterocycles. The number of rotatable bonds is 7. The minimum atomic E-state index is -0.204. The summed E-state index contributed by atoms with van der Waals surface area (Å²) in [5, 5.41) is 8.41. The number of halogens is 2. The third-order valence-corrected chi connectivity index (χ3v) is 3.52. The fourth-order valence-corrected chi connectivity index (χ4v) is 2.37. The Morgan fingerprint density at radius 1 is 1.20 bits per heavy atom. The van der Waals surface area contributed by atoms with E-state index in [-0.39, 0.29) is 18.2 Å². The van der Waals surface area contributed by atoms with Gasteiger partial charge in [-0.15, -0.1) is 10.2 Å². The molecule has 20 heavy (non-hydrogen) atoms. The number of nitrogens with zero attached hydrogens (tertiary/aromatic N) is 2. The van der Waals surface area contributed by atoms with Gasteiger partial charge in [0.25, 0.3) is 5.22 Å². The third-order valence-electron chi connectivity index (χ3n) is 2.65. The molecule has 1 aromatic heterocycles. The maximum absolute atomic E-state index is 13.4. The number of thioether (sulfide) groups is 1. The molecule has 1 heterocycles. The number of aromatic nitrogens is 2. The lowest BCUT2D eigenvalue weighted by atomic mass is 10.2. The SMILES string of the molecule is [Cl-].[NH3+]CCCCc1nnc(SCc2ccccc2F)o1. The van der Waals surface area contributed by atoms with E-state index in [1.54, 1.807) is 12.1 Å². The van der Waals surface area contributed by atoms with E-state index in [4.69, 9.17) is 4.42 Å². The Kier molecular flexibility index (Phi) is 7.58. The molecule has 110 valence electrons. The Morgan fingerprint density at radius 3 is 2.75 bits per heavy atom. The van der Waals surface area contributed by atoms with Crippen LogP contribution in [0.2, 0.25) is 0 Å². The molecule has 0 fully saturated rings. The summed E-state index contributed by atoms with van der Waals surface area (Å²) in [5.41, 5.74) is 4.43. The number of quaternary nitrogens is 1. The standard InChI is InChI=1S/C13H16FN3OS.ClH/c14-11-6-2-1-5-10(11)9-19-13-17-16-12(18-13)7-3-4-8-15;/h1-2,5-6H,3-4,7-9,15H2;1H. The Morgan fingerprint density at radius 2 is 2.00 bits per heavy atom. The smallest absolute Gasteiger partial charge is 0.276 e. The summed E-state index contributed by atoms with van der Waals surface area (Å²) in [4.78, 5) is 0. The maximum atomic E-state index is 13.4.